The number of isocyanates is 2. The van der Waals surface area contributed by atoms with E-state index in [1.54, 1.807) is 0 Å². The molecule has 5 nitrogen and oxygen atoms in total. The average Bonchev–Trinajstić information content (AvgIpc) is 1.39. The topological polar surface area (TPSA) is 117 Å². The lowest BCUT2D eigenvalue weighted by Crippen LogP contribution is -1.16. The smallest absolute Gasteiger partial charge is 0.231 e. The van der Waals surface area contributed by atoms with Crippen LogP contribution in [-0.2, 0) is 9.59 Å². The highest BCUT2D eigenvalue weighted by Gasteiger charge is 1.04. The van der Waals surface area contributed by atoms with E-state index in [1.165, 1.54) is 0 Å². The fraction of sp³-hybridized carbons (Fsp3) is 0.750. The Morgan fingerprint density at radius 3 is 0.615 bits per heavy atom. The Labute approximate surface area is 84.2 Å². The highest BCUT2D eigenvalue weighted by Crippen LogP contribution is 0.871. The zero-order valence-electron chi connectivity index (χ0n) is 3.52. The molecule has 13 heavy (non-hydrogen) atoms. The van der Waals surface area contributed by atoms with Gasteiger partial charge in [-0.3, -0.25) is 0 Å². The second kappa shape index (κ2) is 1950. The second-order valence-electron chi connectivity index (χ2n) is 0.204. The van der Waals surface area contributed by atoms with E-state index in [1.807, 2.05) is 0 Å². The van der Waals surface area contributed by atoms with Crippen LogP contribution in [-0.4, -0.2) is 12.2 Å². The highest BCUT2D eigenvalue weighted by molar-refractivity contribution is 5.26. The quantitative estimate of drug-likeness (QED) is 0.407. The van der Waals surface area contributed by atoms with Gasteiger partial charge in [0.1, 0.15) is 0 Å². The van der Waals surface area contributed by atoms with Crippen LogP contribution in [0.25, 0.3) is 0 Å². The van der Waals surface area contributed by atoms with Gasteiger partial charge in [-0.1, -0.05) is 44.6 Å². The van der Waals surface area contributed by atoms with Crippen molar-refractivity contribution >= 4 is 12.2 Å². The first-order valence-corrected chi connectivity index (χ1v) is 0.908. The minimum Gasteiger partial charge on any atom is -0.344 e. The van der Waals surface area contributed by atoms with Crippen LogP contribution in [0.15, 0.2) is 0 Å². The number of nitrogens with one attached hydrogen (secondary N) is 2. The molecule has 0 saturated heterocycles. The van der Waals surface area contributed by atoms with Gasteiger partial charge in [0.2, 0.25) is 12.2 Å². The fourth-order valence-electron chi connectivity index (χ4n) is 0. The van der Waals surface area contributed by atoms with Gasteiger partial charge >= 0.3 is 0 Å². The maximum Gasteiger partial charge on any atom is 0.231 e. The third-order valence-electron chi connectivity index (χ3n) is 0. The van der Waals surface area contributed by atoms with Gasteiger partial charge in [0.05, 0.1) is 0 Å². The van der Waals surface area contributed by atoms with Crippen molar-refractivity contribution in [3.8, 4) is 0 Å². The lowest BCUT2D eigenvalue weighted by atomic mass is 11.7. The van der Waals surface area contributed by atoms with E-state index >= 15 is 0 Å². The van der Waals surface area contributed by atoms with Crippen LogP contribution in [0.1, 0.15) is 44.6 Å². The Kier molecular flexibility index (Phi) is 27400. The first-order valence-electron chi connectivity index (χ1n) is 0.908. The fourth-order valence-corrected chi connectivity index (χ4v) is 0. The van der Waals surface area contributed by atoms with Gasteiger partial charge in [-0.15, -0.1) is 0 Å². The molecule has 0 aromatic rings. The minimum atomic E-state index is 0. The van der Waals surface area contributed by atoms with Crippen molar-refractivity contribution in [3.63, 3.8) is 0 Å². The maximum atomic E-state index is 8.35. The van der Waals surface area contributed by atoms with Crippen molar-refractivity contribution in [1.29, 1.82) is 10.8 Å². The summed E-state index contributed by atoms with van der Waals surface area (Å²) in [6, 6.07) is 0. The zero-order chi connectivity index (χ0) is 5.41. The summed E-state index contributed by atoms with van der Waals surface area (Å²) in [5.74, 6) is 0. The molecule has 0 atom stereocenters. The molecule has 0 spiro atoms. The Morgan fingerprint density at radius 2 is 0.615 bits per heavy atom. The van der Waals surface area contributed by atoms with Crippen LogP contribution in [0.4, 0.5) is 0 Å². The molecule has 0 rings (SSSR count). The van der Waals surface area contributed by atoms with E-state index in [0.717, 1.165) is 12.2 Å². The first-order chi connectivity index (χ1) is 2.83. The molecule has 5 heteroatoms. The van der Waals surface area contributed by atoms with Crippen molar-refractivity contribution in [2.24, 2.45) is 0 Å². The Morgan fingerprint density at radius 1 is 0.615 bits per heavy atom. The zero-order valence-corrected chi connectivity index (χ0v) is 3.52. The molecule has 0 fully saturated rings. The van der Waals surface area contributed by atoms with E-state index < -0.39 is 0 Å². The summed E-state index contributed by atoms with van der Waals surface area (Å²) in [6.45, 7) is 0. The largest absolute Gasteiger partial charge is 0.344 e. The molecule has 0 saturated carbocycles. The van der Waals surface area contributed by atoms with Crippen molar-refractivity contribution in [2.75, 3.05) is 0 Å². The highest BCUT2D eigenvalue weighted by atomic mass is 16.1. The summed E-state index contributed by atoms with van der Waals surface area (Å²) < 4.78 is 0. The summed E-state index contributed by atoms with van der Waals surface area (Å²) in [6.07, 6.45) is 1.50. The molecule has 0 unspecified atom stereocenters. The van der Waals surface area contributed by atoms with Gasteiger partial charge in [-0.2, -0.15) is 0 Å². The van der Waals surface area contributed by atoms with E-state index in [4.69, 9.17) is 20.4 Å². The molecule has 0 amide bonds. The molecule has 0 aliphatic carbocycles. The van der Waals surface area contributed by atoms with Crippen molar-refractivity contribution in [3.05, 3.63) is 0 Å². The predicted molar refractivity (Wildman–Crippen MR) is 62.2 cm³/mol. The van der Waals surface area contributed by atoms with Crippen LogP contribution in [0, 0.1) is 10.8 Å². The lowest BCUT2D eigenvalue weighted by Gasteiger charge is -1.02. The van der Waals surface area contributed by atoms with Gasteiger partial charge in [0.15, 0.2) is 0 Å². The molecule has 0 aliphatic rings. The predicted octanol–water partition coefficient (Wildman–Crippen LogP) is 3.78. The maximum absolute atomic E-state index is 8.35. The standard InChI is InChI=1S/2CHNO.6CH4.H3N/c2*2-1-3;;;;;;;/h2*2H;6*1H4;1H3. The van der Waals surface area contributed by atoms with E-state index in [-0.39, 0.29) is 50.7 Å². The lowest BCUT2D eigenvalue weighted by molar-refractivity contribution is 0.562. The van der Waals surface area contributed by atoms with Gasteiger partial charge in [0, 0.05) is 0 Å². The molecule has 0 radical (unpaired) electrons. The SMILES string of the molecule is C.C.C.C.C.C.N.N=C=O.N=C=O. The first kappa shape index (κ1) is 182. The third-order valence-corrected chi connectivity index (χ3v) is 0. The Balaban J connectivity index is -0.00000000229. The molecule has 88 valence electrons. The minimum absolute atomic E-state index is 0. The van der Waals surface area contributed by atoms with Crippen LogP contribution < -0.4 is 6.15 Å². The van der Waals surface area contributed by atoms with E-state index in [0.29, 0.717) is 0 Å². The number of rotatable bonds is 0. The molecular formula is C8H29N3O2. The summed E-state index contributed by atoms with van der Waals surface area (Å²) in [4.78, 5) is 16.7. The van der Waals surface area contributed by atoms with Crippen molar-refractivity contribution in [2.45, 2.75) is 44.6 Å². The summed E-state index contributed by atoms with van der Waals surface area (Å²) >= 11 is 0. The second-order valence-corrected chi connectivity index (χ2v) is 0.204. The number of carbonyl (C=O) groups excluding carboxylic acids is 2. The Bertz CT molecular complexity index is 71.4. The van der Waals surface area contributed by atoms with Gasteiger partial charge in [-0.25, -0.2) is 20.4 Å². The van der Waals surface area contributed by atoms with Crippen molar-refractivity contribution in [1.82, 2.24) is 6.15 Å². The van der Waals surface area contributed by atoms with Gasteiger partial charge < -0.3 is 6.15 Å². The molecule has 0 heterocycles. The molecule has 0 aromatic carbocycles. The summed E-state index contributed by atoms with van der Waals surface area (Å²) in [7, 11) is 0. The molecular weight excluding hydrogens is 170 g/mol. The van der Waals surface area contributed by atoms with Crippen LogP contribution in [0.5, 0.6) is 0 Å². The number of hydrogen-bond acceptors (Lipinski definition) is 5. The summed E-state index contributed by atoms with van der Waals surface area (Å²) in [5, 5.41) is 10.8. The average molecular weight is 199 g/mol. The van der Waals surface area contributed by atoms with E-state index in [2.05, 4.69) is 0 Å². The van der Waals surface area contributed by atoms with E-state index in [9.17, 15) is 0 Å². The normalized spacial score (nSPS) is 1.23. The van der Waals surface area contributed by atoms with Gasteiger partial charge in [0.25, 0.3) is 0 Å². The van der Waals surface area contributed by atoms with Crippen molar-refractivity contribution < 1.29 is 9.59 Å². The Hall–Kier alpha value is -1.28. The summed E-state index contributed by atoms with van der Waals surface area (Å²) in [5.41, 5.74) is 0. The number of hydrogen-bond donors (Lipinski definition) is 3. The van der Waals surface area contributed by atoms with Gasteiger partial charge in [-0.05, 0) is 0 Å². The molecule has 5 N–H and O–H groups in total. The molecule has 0 aromatic heterocycles. The monoisotopic (exact) mass is 199 g/mol. The molecule has 0 bridgehead atoms. The van der Waals surface area contributed by atoms with Crippen LogP contribution in [0.2, 0.25) is 0 Å². The molecule has 0 aliphatic heterocycles. The van der Waals surface area contributed by atoms with Crippen LogP contribution >= 0.6 is 0 Å². The third kappa shape index (κ3) is 498. The van der Waals surface area contributed by atoms with Crippen LogP contribution in [0.3, 0.4) is 0 Å².